The molecule has 0 fully saturated rings. The van der Waals surface area contributed by atoms with Crippen LogP contribution in [0.5, 0.6) is 5.75 Å². The summed E-state index contributed by atoms with van der Waals surface area (Å²) in [6.45, 7) is 7.12. The van der Waals surface area contributed by atoms with E-state index in [4.69, 9.17) is 10.8 Å². The maximum absolute atomic E-state index is 13.1. The Balaban J connectivity index is 3.02. The molecule has 1 aromatic carbocycles. The summed E-state index contributed by atoms with van der Waals surface area (Å²) in [6, 6.07) is 1.45. The summed E-state index contributed by atoms with van der Waals surface area (Å²) in [6.07, 6.45) is 0.113. The highest BCUT2D eigenvalue weighted by Crippen LogP contribution is 2.13. The van der Waals surface area contributed by atoms with Crippen LogP contribution in [0.2, 0.25) is 0 Å². The van der Waals surface area contributed by atoms with E-state index in [0.717, 1.165) is 0 Å². The summed E-state index contributed by atoms with van der Waals surface area (Å²) in [5, 5.41) is 35.5. The van der Waals surface area contributed by atoms with Crippen LogP contribution in [-0.2, 0) is 30.4 Å². The molecular weight excluding hydrogens is 496 g/mol. The second-order valence-electron chi connectivity index (χ2n) is 9.87. The molecule has 1 rings (SSSR count). The number of carboxylic acids is 2. The van der Waals surface area contributed by atoms with Crippen molar-refractivity contribution in [2.75, 3.05) is 0 Å². The first-order chi connectivity index (χ1) is 17.7. The molecule has 38 heavy (non-hydrogen) atoms. The van der Waals surface area contributed by atoms with Gasteiger partial charge in [-0.3, -0.25) is 19.2 Å². The fourth-order valence-corrected chi connectivity index (χ4v) is 3.71. The number of nitrogens with two attached hydrogens (primary N) is 1. The number of hydrogen-bond acceptors (Lipinski definition) is 7. The minimum atomic E-state index is -1.29. The first-order valence-electron chi connectivity index (χ1n) is 12.6. The molecule has 0 saturated carbocycles. The molecule has 12 heteroatoms. The zero-order valence-corrected chi connectivity index (χ0v) is 22.3. The van der Waals surface area contributed by atoms with Gasteiger partial charge in [-0.05, 0) is 48.8 Å². The van der Waals surface area contributed by atoms with Crippen LogP contribution in [0.3, 0.4) is 0 Å². The normalized spacial score (nSPS) is 15.0. The van der Waals surface area contributed by atoms with Crippen molar-refractivity contribution < 1.29 is 39.3 Å². The van der Waals surface area contributed by atoms with Crippen LogP contribution in [0.25, 0.3) is 0 Å². The van der Waals surface area contributed by atoms with Crippen LogP contribution >= 0.6 is 0 Å². The summed E-state index contributed by atoms with van der Waals surface area (Å²) in [4.78, 5) is 61.7. The van der Waals surface area contributed by atoms with E-state index in [9.17, 15) is 34.2 Å². The van der Waals surface area contributed by atoms with Gasteiger partial charge in [-0.2, -0.15) is 0 Å². The Morgan fingerprint density at radius 1 is 0.868 bits per heavy atom. The molecule has 0 aliphatic heterocycles. The summed E-state index contributed by atoms with van der Waals surface area (Å²) in [5.74, 6) is -4.91. The van der Waals surface area contributed by atoms with E-state index in [2.05, 4.69) is 16.0 Å². The molecule has 0 aliphatic rings. The van der Waals surface area contributed by atoms with E-state index in [1.807, 2.05) is 13.8 Å². The summed E-state index contributed by atoms with van der Waals surface area (Å²) < 4.78 is 0. The average Bonchev–Trinajstić information content (AvgIpc) is 2.84. The third kappa shape index (κ3) is 11.2. The number of benzene rings is 1. The molecule has 1 aromatic rings. The molecule has 0 aromatic heterocycles. The molecule has 8 N–H and O–H groups in total. The van der Waals surface area contributed by atoms with Crippen molar-refractivity contribution in [3.8, 4) is 5.75 Å². The number of hydrogen-bond donors (Lipinski definition) is 7. The van der Waals surface area contributed by atoms with E-state index in [-0.39, 0.29) is 36.8 Å². The molecule has 0 bridgehead atoms. The van der Waals surface area contributed by atoms with Crippen molar-refractivity contribution in [2.45, 2.75) is 84.0 Å². The molecule has 212 valence electrons. The van der Waals surface area contributed by atoms with Crippen molar-refractivity contribution in [3.05, 3.63) is 29.8 Å². The average molecular weight is 537 g/mol. The monoisotopic (exact) mass is 536 g/mol. The third-order valence-electron chi connectivity index (χ3n) is 6.13. The Bertz CT molecular complexity index is 966. The Morgan fingerprint density at radius 2 is 1.42 bits per heavy atom. The Morgan fingerprint density at radius 3 is 1.92 bits per heavy atom. The maximum Gasteiger partial charge on any atom is 0.326 e. The first-order valence-corrected chi connectivity index (χ1v) is 12.6. The van der Waals surface area contributed by atoms with Gasteiger partial charge in [-0.1, -0.05) is 46.2 Å². The molecule has 12 nitrogen and oxygen atoms in total. The minimum absolute atomic E-state index is 0.0518. The van der Waals surface area contributed by atoms with Gasteiger partial charge in [-0.15, -0.1) is 0 Å². The van der Waals surface area contributed by atoms with E-state index < -0.39 is 60.2 Å². The SMILES string of the molecule is CCC(C)C(NC(=O)C(CC(C)C)NC(=O)C(CCC(=O)O)NC(=O)C(N)Cc1ccc(O)cc1)C(=O)O. The fourth-order valence-electron chi connectivity index (χ4n) is 3.71. The van der Waals surface area contributed by atoms with Gasteiger partial charge in [0.25, 0.3) is 0 Å². The second-order valence-corrected chi connectivity index (χ2v) is 9.87. The predicted molar refractivity (Wildman–Crippen MR) is 139 cm³/mol. The van der Waals surface area contributed by atoms with Crippen molar-refractivity contribution >= 4 is 29.7 Å². The predicted octanol–water partition coefficient (Wildman–Crippen LogP) is 0.758. The second kappa shape index (κ2) is 15.6. The highest BCUT2D eigenvalue weighted by molar-refractivity contribution is 5.94. The van der Waals surface area contributed by atoms with Gasteiger partial charge < -0.3 is 37.0 Å². The highest BCUT2D eigenvalue weighted by Gasteiger charge is 2.32. The number of aromatic hydroxyl groups is 1. The van der Waals surface area contributed by atoms with Crippen LogP contribution in [0, 0.1) is 11.8 Å². The molecule has 0 heterocycles. The summed E-state index contributed by atoms with van der Waals surface area (Å²) in [5.41, 5.74) is 6.66. The molecule has 0 aliphatic carbocycles. The van der Waals surface area contributed by atoms with Gasteiger partial charge >= 0.3 is 11.9 Å². The zero-order valence-electron chi connectivity index (χ0n) is 22.3. The van der Waals surface area contributed by atoms with Gasteiger partial charge in [-0.25, -0.2) is 4.79 Å². The van der Waals surface area contributed by atoms with E-state index >= 15 is 0 Å². The molecular formula is C26H40N4O8. The van der Waals surface area contributed by atoms with E-state index in [1.165, 1.54) is 12.1 Å². The lowest BCUT2D eigenvalue weighted by Gasteiger charge is -2.27. The number of carbonyl (C=O) groups excluding carboxylic acids is 3. The van der Waals surface area contributed by atoms with Crippen LogP contribution < -0.4 is 21.7 Å². The van der Waals surface area contributed by atoms with Gasteiger partial charge in [0, 0.05) is 6.42 Å². The van der Waals surface area contributed by atoms with E-state index in [0.29, 0.717) is 12.0 Å². The zero-order chi connectivity index (χ0) is 29.0. The first kappa shape index (κ1) is 32.4. The quantitative estimate of drug-likeness (QED) is 0.159. The number of phenols is 1. The smallest absolute Gasteiger partial charge is 0.326 e. The number of nitrogens with one attached hydrogen (secondary N) is 3. The van der Waals surface area contributed by atoms with Gasteiger partial charge in [0.15, 0.2) is 0 Å². The van der Waals surface area contributed by atoms with Crippen molar-refractivity contribution in [1.82, 2.24) is 16.0 Å². The van der Waals surface area contributed by atoms with Crippen molar-refractivity contribution in [2.24, 2.45) is 17.6 Å². The third-order valence-corrected chi connectivity index (χ3v) is 6.13. The van der Waals surface area contributed by atoms with Crippen molar-refractivity contribution in [3.63, 3.8) is 0 Å². The summed E-state index contributed by atoms with van der Waals surface area (Å²) in [7, 11) is 0. The molecule has 5 atom stereocenters. The van der Waals surface area contributed by atoms with Crippen LogP contribution in [0.1, 0.15) is 58.9 Å². The van der Waals surface area contributed by atoms with Crippen LogP contribution in [-0.4, -0.2) is 69.1 Å². The van der Waals surface area contributed by atoms with Crippen molar-refractivity contribution in [1.29, 1.82) is 0 Å². The minimum Gasteiger partial charge on any atom is -0.508 e. The molecule has 0 radical (unpaired) electrons. The van der Waals surface area contributed by atoms with Crippen LogP contribution in [0.4, 0.5) is 0 Å². The number of amides is 3. The number of aliphatic carboxylic acids is 2. The molecule has 0 saturated heterocycles. The van der Waals surface area contributed by atoms with Gasteiger partial charge in [0.05, 0.1) is 6.04 Å². The Hall–Kier alpha value is -3.67. The number of rotatable bonds is 16. The number of carboxylic acid groups (broad SMARTS) is 2. The van der Waals surface area contributed by atoms with E-state index in [1.54, 1.807) is 26.0 Å². The molecule has 5 unspecified atom stereocenters. The summed E-state index contributed by atoms with van der Waals surface area (Å²) >= 11 is 0. The number of phenolic OH excluding ortho intramolecular Hbond substituents is 1. The lowest BCUT2D eigenvalue weighted by Crippen LogP contribution is -2.58. The Labute approximate surface area is 222 Å². The topological polar surface area (TPSA) is 208 Å². The van der Waals surface area contributed by atoms with Gasteiger partial charge in [0.1, 0.15) is 23.9 Å². The number of carbonyl (C=O) groups is 5. The largest absolute Gasteiger partial charge is 0.508 e. The molecule has 0 spiro atoms. The highest BCUT2D eigenvalue weighted by atomic mass is 16.4. The standard InChI is InChI=1S/C26H40N4O8/c1-5-15(4)22(26(37)38)30-25(36)20(12-14(2)3)29-24(35)19(10-11-21(32)33)28-23(34)18(27)13-16-6-8-17(31)9-7-16/h6-9,14-15,18-20,22,31H,5,10-13,27H2,1-4H3,(H,28,34)(H,29,35)(H,30,36)(H,32,33)(H,37,38). The van der Waals surface area contributed by atoms with Gasteiger partial charge in [0.2, 0.25) is 17.7 Å². The maximum atomic E-state index is 13.1. The Kier molecular flexibility index (Phi) is 13.2. The lowest BCUT2D eigenvalue weighted by molar-refractivity contribution is -0.144. The van der Waals surface area contributed by atoms with Crippen LogP contribution in [0.15, 0.2) is 24.3 Å². The lowest BCUT2D eigenvalue weighted by atomic mass is 9.97. The fraction of sp³-hybridized carbons (Fsp3) is 0.577. The molecule has 3 amide bonds.